The van der Waals surface area contributed by atoms with Gasteiger partial charge in [0.15, 0.2) is 0 Å². The van der Waals surface area contributed by atoms with Gasteiger partial charge in [-0.15, -0.1) is 0 Å². The minimum absolute atomic E-state index is 0.343. The van der Waals surface area contributed by atoms with Crippen LogP contribution in [-0.4, -0.2) is 51.5 Å². The average molecular weight is 265 g/mol. The van der Waals surface area contributed by atoms with E-state index in [1.165, 1.54) is 30.7 Å². The minimum Gasteiger partial charge on any atom is -0.480 e. The fraction of sp³-hybridized carbons (Fsp3) is 0.462. The number of carbonyl (C=O) groups is 2. The van der Waals surface area contributed by atoms with E-state index in [0.29, 0.717) is 6.54 Å². The quantitative estimate of drug-likeness (QED) is 0.893. The molecule has 0 bridgehead atoms. The number of amides is 2. The Hall–Kier alpha value is -2.11. The first kappa shape index (κ1) is 14.9. The zero-order valence-corrected chi connectivity index (χ0v) is 11.6. The first-order chi connectivity index (χ1) is 8.76. The van der Waals surface area contributed by atoms with Crippen LogP contribution in [0.3, 0.4) is 0 Å². The number of carboxylic acids is 1. The van der Waals surface area contributed by atoms with Crippen molar-refractivity contribution in [3.8, 4) is 0 Å². The summed E-state index contributed by atoms with van der Waals surface area (Å²) in [7, 11) is 3.12. The van der Waals surface area contributed by atoms with E-state index in [1.54, 1.807) is 19.4 Å². The van der Waals surface area contributed by atoms with Gasteiger partial charge in [-0.2, -0.15) is 0 Å². The highest BCUT2D eigenvalue weighted by atomic mass is 16.4. The zero-order valence-electron chi connectivity index (χ0n) is 11.6. The van der Waals surface area contributed by atoms with Gasteiger partial charge in [-0.05, 0) is 31.5 Å². The first-order valence-electron chi connectivity index (χ1n) is 5.88. The van der Waals surface area contributed by atoms with Crippen LogP contribution >= 0.6 is 0 Å². The monoisotopic (exact) mass is 265 g/mol. The third-order valence-corrected chi connectivity index (χ3v) is 3.14. The molecule has 0 aromatic carbocycles. The lowest BCUT2D eigenvalue weighted by Crippen LogP contribution is -2.54. The van der Waals surface area contributed by atoms with Crippen LogP contribution < -0.4 is 0 Å². The van der Waals surface area contributed by atoms with E-state index < -0.39 is 11.5 Å². The summed E-state index contributed by atoms with van der Waals surface area (Å²) in [6, 6.07) is 3.28. The number of urea groups is 1. The molecule has 0 radical (unpaired) electrons. The second-order valence-corrected chi connectivity index (χ2v) is 4.92. The molecule has 0 aliphatic heterocycles. The number of carboxylic acid groups (broad SMARTS) is 1. The first-order valence-corrected chi connectivity index (χ1v) is 5.88. The topological polar surface area (TPSA) is 73.7 Å². The fourth-order valence-corrected chi connectivity index (χ4v) is 1.47. The number of pyridine rings is 1. The summed E-state index contributed by atoms with van der Waals surface area (Å²) in [6.07, 6.45) is 3.30. The van der Waals surface area contributed by atoms with E-state index in [9.17, 15) is 9.59 Å². The molecule has 0 unspecified atom stereocenters. The predicted octanol–water partition coefficient (Wildman–Crippen LogP) is 1.43. The van der Waals surface area contributed by atoms with Crippen molar-refractivity contribution in [2.24, 2.45) is 0 Å². The van der Waals surface area contributed by atoms with Crippen LogP contribution in [0.25, 0.3) is 0 Å². The number of hydrogen-bond donors (Lipinski definition) is 1. The van der Waals surface area contributed by atoms with Crippen LogP contribution in [0.2, 0.25) is 0 Å². The molecule has 1 N–H and O–H groups in total. The molecule has 1 heterocycles. The summed E-state index contributed by atoms with van der Waals surface area (Å²) >= 11 is 0. The Morgan fingerprint density at radius 1 is 1.26 bits per heavy atom. The SMILES string of the molecule is CN(Cc1ccncc1)C(=O)N(C)C(C)(C)C(=O)O. The van der Waals surface area contributed by atoms with Gasteiger partial charge in [-0.3, -0.25) is 4.98 Å². The van der Waals surface area contributed by atoms with Gasteiger partial charge >= 0.3 is 12.0 Å². The van der Waals surface area contributed by atoms with Crippen molar-refractivity contribution in [1.82, 2.24) is 14.8 Å². The Kier molecular flexibility index (Phi) is 4.47. The normalized spacial score (nSPS) is 10.9. The smallest absolute Gasteiger partial charge is 0.329 e. The summed E-state index contributed by atoms with van der Waals surface area (Å²) in [4.78, 5) is 29.9. The predicted molar refractivity (Wildman–Crippen MR) is 70.6 cm³/mol. The Balaban J connectivity index is 2.75. The van der Waals surface area contributed by atoms with Gasteiger partial charge in [0, 0.05) is 33.0 Å². The number of aliphatic carboxylic acids is 1. The van der Waals surface area contributed by atoms with Crippen LogP contribution in [0, 0.1) is 0 Å². The van der Waals surface area contributed by atoms with Crippen molar-refractivity contribution in [1.29, 1.82) is 0 Å². The standard InChI is InChI=1S/C13H19N3O3/c1-13(2,11(17)18)16(4)12(19)15(3)9-10-5-7-14-8-6-10/h5-8H,9H2,1-4H3,(H,17,18). The van der Waals surface area contributed by atoms with Crippen LogP contribution in [0.5, 0.6) is 0 Å². The maximum absolute atomic E-state index is 12.2. The van der Waals surface area contributed by atoms with Crippen LogP contribution in [-0.2, 0) is 11.3 Å². The van der Waals surface area contributed by atoms with Crippen molar-refractivity contribution in [3.05, 3.63) is 30.1 Å². The molecule has 0 atom stereocenters. The number of aromatic nitrogens is 1. The fourth-order valence-electron chi connectivity index (χ4n) is 1.47. The zero-order chi connectivity index (χ0) is 14.6. The summed E-state index contributed by atoms with van der Waals surface area (Å²) in [6.45, 7) is 3.39. The van der Waals surface area contributed by atoms with Crippen molar-refractivity contribution < 1.29 is 14.7 Å². The van der Waals surface area contributed by atoms with Crippen molar-refractivity contribution in [2.75, 3.05) is 14.1 Å². The van der Waals surface area contributed by atoms with Crippen LogP contribution in [0.4, 0.5) is 4.79 Å². The summed E-state index contributed by atoms with van der Waals surface area (Å²) in [5, 5.41) is 9.11. The maximum atomic E-state index is 12.2. The molecule has 1 aromatic rings. The van der Waals surface area contributed by atoms with E-state index in [-0.39, 0.29) is 6.03 Å². The second kappa shape index (κ2) is 5.69. The van der Waals surface area contributed by atoms with E-state index in [1.807, 2.05) is 12.1 Å². The molecule has 0 aliphatic carbocycles. The number of hydrogen-bond acceptors (Lipinski definition) is 3. The summed E-state index contributed by atoms with van der Waals surface area (Å²) < 4.78 is 0. The minimum atomic E-state index is -1.25. The average Bonchev–Trinajstić information content (AvgIpc) is 2.37. The van der Waals surface area contributed by atoms with E-state index in [4.69, 9.17) is 5.11 Å². The summed E-state index contributed by atoms with van der Waals surface area (Å²) in [5.74, 6) is -1.04. The molecule has 0 saturated carbocycles. The molecule has 6 heteroatoms. The molecular weight excluding hydrogens is 246 g/mol. The van der Waals surface area contributed by atoms with Crippen molar-refractivity contribution in [2.45, 2.75) is 25.9 Å². The number of likely N-dealkylation sites (N-methyl/N-ethyl adjacent to an activating group) is 1. The molecule has 0 saturated heterocycles. The molecule has 1 rings (SSSR count). The van der Waals surface area contributed by atoms with Gasteiger partial charge in [0.05, 0.1) is 0 Å². The lowest BCUT2D eigenvalue weighted by Gasteiger charge is -2.34. The highest BCUT2D eigenvalue weighted by Gasteiger charge is 2.36. The van der Waals surface area contributed by atoms with Gasteiger partial charge in [-0.25, -0.2) is 9.59 Å². The highest BCUT2D eigenvalue weighted by molar-refractivity contribution is 5.85. The Morgan fingerprint density at radius 3 is 2.26 bits per heavy atom. The summed E-state index contributed by atoms with van der Waals surface area (Å²) in [5.41, 5.74) is -0.309. The van der Waals surface area contributed by atoms with Crippen LogP contribution in [0.15, 0.2) is 24.5 Å². The van der Waals surface area contributed by atoms with Gasteiger partial charge < -0.3 is 14.9 Å². The molecule has 104 valence electrons. The number of rotatable bonds is 4. The third kappa shape index (κ3) is 3.43. The largest absolute Gasteiger partial charge is 0.480 e. The molecule has 0 aliphatic rings. The molecule has 19 heavy (non-hydrogen) atoms. The molecule has 2 amide bonds. The molecule has 1 aromatic heterocycles. The van der Waals surface area contributed by atoms with Crippen molar-refractivity contribution >= 4 is 12.0 Å². The lowest BCUT2D eigenvalue weighted by atomic mass is 10.0. The van der Waals surface area contributed by atoms with Gasteiger partial charge in [0.1, 0.15) is 5.54 Å². The van der Waals surface area contributed by atoms with E-state index in [2.05, 4.69) is 4.98 Å². The van der Waals surface area contributed by atoms with Gasteiger partial charge in [0.25, 0.3) is 0 Å². The molecule has 0 spiro atoms. The maximum Gasteiger partial charge on any atom is 0.329 e. The van der Waals surface area contributed by atoms with Crippen molar-refractivity contribution in [3.63, 3.8) is 0 Å². The van der Waals surface area contributed by atoms with Crippen LogP contribution in [0.1, 0.15) is 19.4 Å². The van der Waals surface area contributed by atoms with Gasteiger partial charge in [-0.1, -0.05) is 0 Å². The van der Waals surface area contributed by atoms with Gasteiger partial charge in [0.2, 0.25) is 0 Å². The van der Waals surface area contributed by atoms with E-state index in [0.717, 1.165) is 5.56 Å². The molecular formula is C13H19N3O3. The Bertz CT molecular complexity index is 459. The Morgan fingerprint density at radius 2 is 1.79 bits per heavy atom. The Labute approximate surface area is 112 Å². The molecule has 0 fully saturated rings. The third-order valence-electron chi connectivity index (χ3n) is 3.14. The lowest BCUT2D eigenvalue weighted by molar-refractivity contribution is -0.147. The van der Waals surface area contributed by atoms with E-state index >= 15 is 0 Å². The molecule has 6 nitrogen and oxygen atoms in total. The number of nitrogens with zero attached hydrogens (tertiary/aromatic N) is 3. The highest BCUT2D eigenvalue weighted by Crippen LogP contribution is 2.15. The number of carbonyl (C=O) groups excluding carboxylic acids is 1. The second-order valence-electron chi connectivity index (χ2n) is 4.92.